The van der Waals surface area contributed by atoms with Crippen molar-refractivity contribution in [3.63, 3.8) is 0 Å². The van der Waals surface area contributed by atoms with Crippen molar-refractivity contribution in [2.75, 3.05) is 0 Å². The van der Waals surface area contributed by atoms with Crippen LogP contribution in [0.3, 0.4) is 0 Å². The predicted molar refractivity (Wildman–Crippen MR) is 72.0 cm³/mol. The monoisotopic (exact) mass is 300 g/mol. The smallest absolute Gasteiger partial charge is 0.152 e. The highest BCUT2D eigenvalue weighted by Crippen LogP contribution is 2.24. The SMILES string of the molecule is Cc1ccc(F)c(CC(Br)C(=O)C(C)(C)C)c1. The summed E-state index contributed by atoms with van der Waals surface area (Å²) < 4.78 is 13.6. The molecule has 0 aromatic heterocycles. The molecule has 1 unspecified atom stereocenters. The Hall–Kier alpha value is -0.700. The van der Waals surface area contributed by atoms with Gasteiger partial charge in [-0.25, -0.2) is 4.39 Å². The Morgan fingerprint density at radius 3 is 2.53 bits per heavy atom. The van der Waals surface area contributed by atoms with Gasteiger partial charge in [-0.05, 0) is 25.0 Å². The van der Waals surface area contributed by atoms with Gasteiger partial charge < -0.3 is 0 Å². The van der Waals surface area contributed by atoms with Crippen molar-refractivity contribution >= 4 is 21.7 Å². The van der Waals surface area contributed by atoms with Crippen molar-refractivity contribution in [3.05, 3.63) is 35.1 Å². The van der Waals surface area contributed by atoms with Crippen LogP contribution in [0.15, 0.2) is 18.2 Å². The first kappa shape index (κ1) is 14.4. The number of aryl methyl sites for hydroxylation is 1. The second kappa shape index (κ2) is 5.30. The van der Waals surface area contributed by atoms with Crippen LogP contribution in [0.2, 0.25) is 0 Å². The van der Waals surface area contributed by atoms with E-state index in [1.807, 2.05) is 27.7 Å². The van der Waals surface area contributed by atoms with Crippen molar-refractivity contribution in [2.24, 2.45) is 5.41 Å². The van der Waals surface area contributed by atoms with E-state index < -0.39 is 5.41 Å². The van der Waals surface area contributed by atoms with Gasteiger partial charge in [-0.1, -0.05) is 54.4 Å². The largest absolute Gasteiger partial charge is 0.298 e. The van der Waals surface area contributed by atoms with Crippen molar-refractivity contribution in [2.45, 2.75) is 38.9 Å². The molecule has 3 heteroatoms. The fourth-order valence-electron chi connectivity index (χ4n) is 1.62. The Labute approximate surface area is 111 Å². The summed E-state index contributed by atoms with van der Waals surface area (Å²) in [5, 5.41) is 0. The van der Waals surface area contributed by atoms with Crippen molar-refractivity contribution < 1.29 is 9.18 Å². The summed E-state index contributed by atoms with van der Waals surface area (Å²) in [5.74, 6) is -0.153. The molecule has 0 amide bonds. The lowest BCUT2D eigenvalue weighted by molar-refractivity contribution is -0.125. The second-order valence-corrected chi connectivity index (χ2v) is 6.49. The van der Waals surface area contributed by atoms with E-state index >= 15 is 0 Å². The van der Waals surface area contributed by atoms with E-state index in [1.54, 1.807) is 12.1 Å². The molecule has 1 aromatic rings. The molecule has 0 saturated heterocycles. The molecular formula is C14H18BrFO. The molecule has 0 fully saturated rings. The Morgan fingerprint density at radius 1 is 1.41 bits per heavy atom. The number of ketones is 1. The third-order valence-electron chi connectivity index (χ3n) is 2.62. The number of carbonyl (C=O) groups excluding carboxylic acids is 1. The molecule has 0 N–H and O–H groups in total. The van der Waals surface area contributed by atoms with E-state index in [0.717, 1.165) is 5.56 Å². The number of benzene rings is 1. The van der Waals surface area contributed by atoms with Gasteiger partial charge in [-0.3, -0.25) is 4.79 Å². The van der Waals surface area contributed by atoms with E-state index in [2.05, 4.69) is 15.9 Å². The lowest BCUT2D eigenvalue weighted by atomic mass is 9.87. The standard InChI is InChI=1S/C14H18BrFO/c1-9-5-6-12(16)10(7-9)8-11(15)13(17)14(2,3)4/h5-7,11H,8H2,1-4H3. The molecule has 1 aromatic carbocycles. The van der Waals surface area contributed by atoms with Crippen LogP contribution in [-0.2, 0) is 11.2 Å². The number of hydrogen-bond acceptors (Lipinski definition) is 1. The molecular weight excluding hydrogens is 283 g/mol. The zero-order chi connectivity index (χ0) is 13.2. The number of Topliss-reactive ketones (excluding diaryl/α,β-unsaturated/α-hetero) is 1. The Kier molecular flexibility index (Phi) is 4.48. The Morgan fingerprint density at radius 2 is 2.00 bits per heavy atom. The molecule has 0 radical (unpaired) electrons. The van der Waals surface area contributed by atoms with Gasteiger partial charge in [0, 0.05) is 5.41 Å². The summed E-state index contributed by atoms with van der Waals surface area (Å²) in [5.41, 5.74) is 1.18. The number of rotatable bonds is 3. The Bertz CT molecular complexity index is 421. The van der Waals surface area contributed by atoms with Gasteiger partial charge in [0.05, 0.1) is 4.83 Å². The van der Waals surface area contributed by atoms with Crippen molar-refractivity contribution in [1.29, 1.82) is 0 Å². The van der Waals surface area contributed by atoms with E-state index in [-0.39, 0.29) is 16.4 Å². The predicted octanol–water partition coefficient (Wildman–Crippen LogP) is 4.06. The highest BCUT2D eigenvalue weighted by atomic mass is 79.9. The van der Waals surface area contributed by atoms with E-state index in [1.165, 1.54) is 6.07 Å². The van der Waals surface area contributed by atoms with Gasteiger partial charge in [0.2, 0.25) is 0 Å². The summed E-state index contributed by atoms with van der Waals surface area (Å²) >= 11 is 3.36. The molecule has 0 aliphatic heterocycles. The second-order valence-electron chi connectivity index (χ2n) is 5.38. The zero-order valence-corrected chi connectivity index (χ0v) is 12.3. The quantitative estimate of drug-likeness (QED) is 0.770. The molecule has 1 rings (SSSR count). The van der Waals surface area contributed by atoms with Gasteiger partial charge in [0.1, 0.15) is 5.82 Å². The van der Waals surface area contributed by atoms with Crippen LogP contribution < -0.4 is 0 Å². The maximum atomic E-state index is 13.6. The molecule has 0 spiro atoms. The van der Waals surface area contributed by atoms with E-state index in [0.29, 0.717) is 12.0 Å². The van der Waals surface area contributed by atoms with Crippen LogP contribution in [0, 0.1) is 18.2 Å². The van der Waals surface area contributed by atoms with Crippen LogP contribution >= 0.6 is 15.9 Å². The highest BCUT2D eigenvalue weighted by Gasteiger charge is 2.28. The molecule has 1 atom stereocenters. The Balaban J connectivity index is 2.85. The normalized spacial score (nSPS) is 13.5. The summed E-state index contributed by atoms with van der Waals surface area (Å²) in [6, 6.07) is 4.97. The molecule has 1 nitrogen and oxygen atoms in total. The number of carbonyl (C=O) groups is 1. The summed E-state index contributed by atoms with van der Waals surface area (Å²) in [6.45, 7) is 7.53. The summed E-state index contributed by atoms with van der Waals surface area (Å²) in [4.78, 5) is 11.7. The van der Waals surface area contributed by atoms with Gasteiger partial charge in [0.15, 0.2) is 5.78 Å². The van der Waals surface area contributed by atoms with Crippen LogP contribution in [0.5, 0.6) is 0 Å². The maximum absolute atomic E-state index is 13.6. The summed E-state index contributed by atoms with van der Waals surface area (Å²) in [6.07, 6.45) is 0.392. The van der Waals surface area contributed by atoms with Crippen molar-refractivity contribution in [3.8, 4) is 0 Å². The van der Waals surface area contributed by atoms with Crippen LogP contribution in [0.25, 0.3) is 0 Å². The first-order valence-corrected chi connectivity index (χ1v) is 6.57. The molecule has 0 heterocycles. The third kappa shape index (κ3) is 3.91. The topological polar surface area (TPSA) is 17.1 Å². The summed E-state index contributed by atoms with van der Waals surface area (Å²) in [7, 11) is 0. The minimum Gasteiger partial charge on any atom is -0.298 e. The average molecular weight is 301 g/mol. The third-order valence-corrected chi connectivity index (χ3v) is 3.36. The van der Waals surface area contributed by atoms with Gasteiger partial charge >= 0.3 is 0 Å². The zero-order valence-electron chi connectivity index (χ0n) is 10.7. The van der Waals surface area contributed by atoms with Crippen molar-refractivity contribution in [1.82, 2.24) is 0 Å². The lowest BCUT2D eigenvalue weighted by Gasteiger charge is -2.21. The van der Waals surface area contributed by atoms with Crippen LogP contribution in [0.1, 0.15) is 31.9 Å². The first-order valence-electron chi connectivity index (χ1n) is 5.65. The van der Waals surface area contributed by atoms with Crippen LogP contribution in [0.4, 0.5) is 4.39 Å². The fraction of sp³-hybridized carbons (Fsp3) is 0.500. The highest BCUT2D eigenvalue weighted by molar-refractivity contribution is 9.10. The van der Waals surface area contributed by atoms with E-state index in [4.69, 9.17) is 0 Å². The van der Waals surface area contributed by atoms with Gasteiger partial charge in [0.25, 0.3) is 0 Å². The lowest BCUT2D eigenvalue weighted by Crippen LogP contribution is -2.30. The number of alkyl halides is 1. The number of hydrogen-bond donors (Lipinski definition) is 0. The molecule has 0 aliphatic rings. The van der Waals surface area contributed by atoms with Gasteiger partial charge in [-0.15, -0.1) is 0 Å². The molecule has 0 bridgehead atoms. The molecule has 0 saturated carbocycles. The molecule has 94 valence electrons. The fourth-order valence-corrected chi connectivity index (χ4v) is 2.65. The van der Waals surface area contributed by atoms with Gasteiger partial charge in [-0.2, -0.15) is 0 Å². The minimum absolute atomic E-state index is 0.0957. The minimum atomic E-state index is -0.408. The molecule has 0 aliphatic carbocycles. The molecule has 17 heavy (non-hydrogen) atoms. The number of halogens is 2. The maximum Gasteiger partial charge on any atom is 0.152 e. The van der Waals surface area contributed by atoms with E-state index in [9.17, 15) is 9.18 Å². The first-order chi connectivity index (χ1) is 7.71. The van der Waals surface area contributed by atoms with Crippen LogP contribution in [-0.4, -0.2) is 10.6 Å². The average Bonchev–Trinajstić information content (AvgIpc) is 2.21.